The van der Waals surface area contributed by atoms with Crippen molar-refractivity contribution in [3.05, 3.63) is 48.6 Å². The summed E-state index contributed by atoms with van der Waals surface area (Å²) >= 11 is 0. The van der Waals surface area contributed by atoms with Crippen LogP contribution in [0, 0.1) is 29.6 Å². The number of hydrogen-bond acceptors (Lipinski definition) is 4. The van der Waals surface area contributed by atoms with E-state index in [-0.39, 0.29) is 36.3 Å². The molecule has 0 spiro atoms. The highest BCUT2D eigenvalue weighted by atomic mass is 16.5. The summed E-state index contributed by atoms with van der Waals surface area (Å²) in [6.45, 7) is 12.4. The average molecular weight is 567 g/mol. The highest BCUT2D eigenvalue weighted by Gasteiger charge is 2.36. The van der Waals surface area contributed by atoms with Crippen molar-refractivity contribution in [1.29, 1.82) is 0 Å². The highest BCUT2D eigenvalue weighted by molar-refractivity contribution is 5.82. The number of cyclic esters (lactones) is 1. The Balaban J connectivity index is 1.55. The molecule has 8 unspecified atom stereocenters. The van der Waals surface area contributed by atoms with Gasteiger partial charge in [-0.2, -0.15) is 0 Å². The molecule has 230 valence electrons. The van der Waals surface area contributed by atoms with E-state index in [0.29, 0.717) is 24.2 Å². The molecule has 1 saturated heterocycles. The quantitative estimate of drug-likeness (QED) is 0.237. The average Bonchev–Trinajstić information content (AvgIpc) is 2.92. The van der Waals surface area contributed by atoms with E-state index in [9.17, 15) is 4.79 Å². The monoisotopic (exact) mass is 566 g/mol. The summed E-state index contributed by atoms with van der Waals surface area (Å²) in [6.07, 6.45) is 29.5. The van der Waals surface area contributed by atoms with E-state index in [1.54, 1.807) is 6.08 Å². The number of fused-ring (bicyclic) bond motifs is 2. The Bertz CT molecular complexity index is 893. The molecule has 0 aromatic heterocycles. The summed E-state index contributed by atoms with van der Waals surface area (Å²) in [6, 6.07) is 0. The number of carbonyl (C=O) groups excluding carboxylic acids is 1. The van der Waals surface area contributed by atoms with Crippen molar-refractivity contribution in [2.75, 3.05) is 6.61 Å². The molecule has 0 amide bonds. The Hall–Kier alpha value is -1.65. The normalized spacial score (nSPS) is 36.6. The molecular weight excluding hydrogens is 508 g/mol. The van der Waals surface area contributed by atoms with Gasteiger partial charge in [-0.05, 0) is 94.3 Å². The molecule has 8 atom stereocenters. The Morgan fingerprint density at radius 2 is 1.90 bits per heavy atom. The number of ether oxygens (including phenoxy) is 3. The molecule has 0 radical (unpaired) electrons. The van der Waals surface area contributed by atoms with Gasteiger partial charge < -0.3 is 14.2 Å². The van der Waals surface area contributed by atoms with Crippen molar-refractivity contribution in [2.45, 2.75) is 141 Å². The van der Waals surface area contributed by atoms with E-state index in [4.69, 9.17) is 14.2 Å². The standard InChI is InChI=1S/C37H58O4/c1-5-11-31(21-22-32-14-6-7-23-39-32)36-26-35(30-12-8-13-30)29(4)20-19-27(2)24-28(3)25-34-17-9-15-33(40-34)16-10-18-37(38)41-36/h9-10,15,18,21-22,28-36H,2,5-8,11-14,16-17,19-20,23-26H2,1,3-4H3/b18-10-,22-21+. The third-order valence-corrected chi connectivity index (χ3v) is 10.1. The highest BCUT2D eigenvalue weighted by Crippen LogP contribution is 2.43. The first-order chi connectivity index (χ1) is 19.9. The second kappa shape index (κ2) is 16.8. The number of esters is 1. The lowest BCUT2D eigenvalue weighted by Crippen LogP contribution is -2.35. The minimum Gasteiger partial charge on any atom is -0.459 e. The predicted octanol–water partition coefficient (Wildman–Crippen LogP) is 9.31. The third kappa shape index (κ3) is 10.5. The maximum absolute atomic E-state index is 13.3. The zero-order chi connectivity index (χ0) is 29.0. The fourth-order valence-corrected chi connectivity index (χ4v) is 7.54. The summed E-state index contributed by atoms with van der Waals surface area (Å²) in [5.74, 6) is 2.48. The van der Waals surface area contributed by atoms with Gasteiger partial charge in [-0.25, -0.2) is 4.79 Å². The van der Waals surface area contributed by atoms with Gasteiger partial charge in [0.25, 0.3) is 0 Å². The Morgan fingerprint density at radius 1 is 1.05 bits per heavy atom. The summed E-state index contributed by atoms with van der Waals surface area (Å²) < 4.78 is 18.8. The van der Waals surface area contributed by atoms with Crippen LogP contribution in [0.5, 0.6) is 0 Å². The van der Waals surface area contributed by atoms with Gasteiger partial charge in [0.1, 0.15) is 6.10 Å². The number of hydrogen-bond donors (Lipinski definition) is 0. The lowest BCUT2D eigenvalue weighted by atomic mass is 9.67. The van der Waals surface area contributed by atoms with Gasteiger partial charge >= 0.3 is 5.97 Å². The first-order valence-electron chi connectivity index (χ1n) is 17.1. The minimum absolute atomic E-state index is 0.0259. The molecule has 0 aromatic rings. The van der Waals surface area contributed by atoms with Gasteiger partial charge in [0, 0.05) is 18.6 Å². The maximum Gasteiger partial charge on any atom is 0.330 e. The molecule has 41 heavy (non-hydrogen) atoms. The summed E-state index contributed by atoms with van der Waals surface area (Å²) in [4.78, 5) is 13.3. The van der Waals surface area contributed by atoms with Crippen LogP contribution in [0.1, 0.15) is 117 Å². The Labute approximate surface area is 251 Å². The fraction of sp³-hybridized carbons (Fsp3) is 0.757. The van der Waals surface area contributed by atoms with Crippen LogP contribution in [-0.4, -0.2) is 37.0 Å². The van der Waals surface area contributed by atoms with Crippen LogP contribution in [0.4, 0.5) is 0 Å². The smallest absolute Gasteiger partial charge is 0.330 e. The molecule has 1 aliphatic carbocycles. The minimum atomic E-state index is -0.210. The van der Waals surface area contributed by atoms with Crippen LogP contribution < -0.4 is 0 Å². The topological polar surface area (TPSA) is 44.8 Å². The van der Waals surface area contributed by atoms with Gasteiger partial charge in [0.15, 0.2) is 0 Å². The summed E-state index contributed by atoms with van der Waals surface area (Å²) in [5, 5.41) is 0. The van der Waals surface area contributed by atoms with E-state index in [2.05, 4.69) is 51.7 Å². The van der Waals surface area contributed by atoms with Crippen molar-refractivity contribution in [2.24, 2.45) is 29.6 Å². The van der Waals surface area contributed by atoms with Gasteiger partial charge in [-0.15, -0.1) is 0 Å². The van der Waals surface area contributed by atoms with Crippen LogP contribution in [0.25, 0.3) is 0 Å². The first-order valence-corrected chi connectivity index (χ1v) is 17.1. The SMILES string of the molecule is C=C1CCC(C)C(C2CCC2)CC(C(/C=C/C2CCCCO2)CCC)OC(=O)/C=C\CC2C=CCC(CC(C)C1)O2. The van der Waals surface area contributed by atoms with Crippen LogP contribution in [0.15, 0.2) is 48.6 Å². The zero-order valence-electron chi connectivity index (χ0n) is 26.3. The number of allylic oxidation sites excluding steroid dienone is 1. The zero-order valence-corrected chi connectivity index (χ0v) is 26.3. The van der Waals surface area contributed by atoms with Crippen LogP contribution in [-0.2, 0) is 19.0 Å². The van der Waals surface area contributed by atoms with Crippen molar-refractivity contribution in [3.63, 3.8) is 0 Å². The molecule has 4 aliphatic rings. The lowest BCUT2D eigenvalue weighted by Gasteiger charge is -2.40. The summed E-state index contributed by atoms with van der Waals surface area (Å²) in [5.41, 5.74) is 1.38. The molecule has 3 aliphatic heterocycles. The van der Waals surface area contributed by atoms with Gasteiger partial charge in [-0.1, -0.05) is 89.0 Å². The first kappa shape index (κ1) is 32.3. The van der Waals surface area contributed by atoms with E-state index >= 15 is 0 Å². The molecule has 0 N–H and O–H groups in total. The van der Waals surface area contributed by atoms with Crippen molar-refractivity contribution < 1.29 is 19.0 Å². The third-order valence-electron chi connectivity index (χ3n) is 10.1. The molecule has 0 aromatic carbocycles. The summed E-state index contributed by atoms with van der Waals surface area (Å²) in [7, 11) is 0. The molecule has 2 bridgehead atoms. The van der Waals surface area contributed by atoms with E-state index in [0.717, 1.165) is 70.3 Å². The second-order valence-corrected chi connectivity index (χ2v) is 13.7. The van der Waals surface area contributed by atoms with Gasteiger partial charge in [0.2, 0.25) is 0 Å². The molecule has 4 nitrogen and oxygen atoms in total. The van der Waals surface area contributed by atoms with Crippen LogP contribution in [0.2, 0.25) is 0 Å². The molecule has 4 heteroatoms. The Kier molecular flexibility index (Phi) is 13.3. The lowest BCUT2D eigenvalue weighted by molar-refractivity contribution is -0.147. The largest absolute Gasteiger partial charge is 0.459 e. The van der Waals surface area contributed by atoms with E-state index < -0.39 is 0 Å². The maximum atomic E-state index is 13.3. The molecule has 3 heterocycles. The fourth-order valence-electron chi connectivity index (χ4n) is 7.54. The Morgan fingerprint density at radius 3 is 2.63 bits per heavy atom. The molecule has 4 rings (SSSR count). The number of carbonyl (C=O) groups is 1. The van der Waals surface area contributed by atoms with Crippen LogP contribution >= 0.6 is 0 Å². The number of rotatable bonds is 6. The van der Waals surface area contributed by atoms with Crippen molar-refractivity contribution in [3.8, 4) is 0 Å². The van der Waals surface area contributed by atoms with E-state index in [1.807, 2.05) is 6.08 Å². The van der Waals surface area contributed by atoms with Crippen molar-refractivity contribution >= 4 is 5.97 Å². The van der Waals surface area contributed by atoms with Gasteiger partial charge in [-0.3, -0.25) is 0 Å². The van der Waals surface area contributed by atoms with Crippen LogP contribution in [0.3, 0.4) is 0 Å². The molecular formula is C37H58O4. The van der Waals surface area contributed by atoms with Crippen molar-refractivity contribution in [1.82, 2.24) is 0 Å². The molecule has 2 fully saturated rings. The predicted molar refractivity (Wildman–Crippen MR) is 169 cm³/mol. The second-order valence-electron chi connectivity index (χ2n) is 13.7. The van der Waals surface area contributed by atoms with E-state index in [1.165, 1.54) is 37.7 Å². The molecule has 1 saturated carbocycles. The van der Waals surface area contributed by atoms with Gasteiger partial charge in [0.05, 0.1) is 18.3 Å².